The predicted molar refractivity (Wildman–Crippen MR) is 92.1 cm³/mol. The summed E-state index contributed by atoms with van der Waals surface area (Å²) in [6.07, 6.45) is 2.38. The average molecular weight is 308 g/mol. The number of aliphatic imine (C=N–C) groups is 1. The summed E-state index contributed by atoms with van der Waals surface area (Å²) in [7, 11) is 1.85. The lowest BCUT2D eigenvalue weighted by Crippen LogP contribution is -2.49. The Hall–Kier alpha value is -1.07. The minimum absolute atomic E-state index is 0.538. The van der Waals surface area contributed by atoms with E-state index in [1.807, 2.05) is 7.05 Å². The predicted octanol–water partition coefficient (Wildman–Crippen LogP) is 2.59. The summed E-state index contributed by atoms with van der Waals surface area (Å²) in [5.74, 6) is 0.922. The second-order valence-electron chi connectivity index (χ2n) is 6.00. The second-order valence-corrected chi connectivity index (χ2v) is 7.00. The highest BCUT2D eigenvalue weighted by molar-refractivity contribution is 7.10. The molecule has 2 rings (SSSR count). The molecule has 0 bridgehead atoms. The molecule has 0 aliphatic carbocycles. The quantitative estimate of drug-likeness (QED) is 0.663. The fourth-order valence-electron chi connectivity index (χ4n) is 2.70. The zero-order chi connectivity index (χ0) is 15.2. The van der Waals surface area contributed by atoms with Crippen LogP contribution in [-0.2, 0) is 6.54 Å². The number of rotatable bonds is 4. The number of guanidine groups is 1. The van der Waals surface area contributed by atoms with Crippen LogP contribution in [0.1, 0.15) is 37.1 Å². The molecule has 0 amide bonds. The van der Waals surface area contributed by atoms with Crippen molar-refractivity contribution in [2.75, 3.05) is 20.1 Å². The van der Waals surface area contributed by atoms with Crippen molar-refractivity contribution in [3.05, 3.63) is 21.9 Å². The van der Waals surface area contributed by atoms with Gasteiger partial charge in [0.05, 0.1) is 6.54 Å². The smallest absolute Gasteiger partial charge is 0.191 e. The molecule has 1 aliphatic heterocycles. The zero-order valence-corrected chi connectivity index (χ0v) is 14.5. The van der Waals surface area contributed by atoms with Crippen LogP contribution in [0.2, 0.25) is 0 Å². The molecule has 1 aromatic heterocycles. The molecule has 5 heteroatoms. The third-order valence-electron chi connectivity index (χ3n) is 4.21. The van der Waals surface area contributed by atoms with Crippen molar-refractivity contribution in [2.45, 2.75) is 52.2 Å². The molecule has 4 nitrogen and oxygen atoms in total. The molecular formula is C16H28N4S. The molecule has 1 aliphatic rings. The largest absolute Gasteiger partial charge is 0.354 e. The molecule has 0 aromatic carbocycles. The van der Waals surface area contributed by atoms with Crippen molar-refractivity contribution in [1.29, 1.82) is 0 Å². The summed E-state index contributed by atoms with van der Waals surface area (Å²) in [6.45, 7) is 9.92. The molecule has 0 atom stereocenters. The normalized spacial score (nSPS) is 18.2. The lowest BCUT2D eigenvalue weighted by atomic mass is 10.0. The lowest BCUT2D eigenvalue weighted by Gasteiger charge is -2.35. The Balaban J connectivity index is 1.77. The van der Waals surface area contributed by atoms with Crippen LogP contribution in [-0.4, -0.2) is 43.1 Å². The first kappa shape index (κ1) is 16.3. The van der Waals surface area contributed by atoms with Gasteiger partial charge in [-0.25, -0.2) is 0 Å². The van der Waals surface area contributed by atoms with Crippen molar-refractivity contribution in [3.63, 3.8) is 0 Å². The van der Waals surface area contributed by atoms with Gasteiger partial charge in [-0.3, -0.25) is 4.99 Å². The van der Waals surface area contributed by atoms with Gasteiger partial charge in [0.2, 0.25) is 0 Å². The molecule has 0 unspecified atom stereocenters. The van der Waals surface area contributed by atoms with Gasteiger partial charge in [0.1, 0.15) is 0 Å². The number of nitrogens with zero attached hydrogens (tertiary/aromatic N) is 2. The number of hydrogen-bond acceptors (Lipinski definition) is 3. The van der Waals surface area contributed by atoms with Crippen molar-refractivity contribution in [1.82, 2.24) is 15.5 Å². The summed E-state index contributed by atoms with van der Waals surface area (Å²) in [6, 6.07) is 3.36. The Morgan fingerprint density at radius 1 is 1.43 bits per heavy atom. The van der Waals surface area contributed by atoms with E-state index in [-0.39, 0.29) is 0 Å². The van der Waals surface area contributed by atoms with Gasteiger partial charge in [0.15, 0.2) is 5.96 Å². The van der Waals surface area contributed by atoms with Crippen molar-refractivity contribution >= 4 is 17.3 Å². The molecule has 0 radical (unpaired) electrons. The third kappa shape index (κ3) is 4.71. The molecule has 0 spiro atoms. The van der Waals surface area contributed by atoms with E-state index in [1.54, 1.807) is 11.3 Å². The van der Waals surface area contributed by atoms with Gasteiger partial charge in [-0.15, -0.1) is 11.3 Å². The standard InChI is InChI=1S/C16H28N4S/c1-12(2)20-8-5-14(6-9-20)19-16(17-4)18-11-15-13(3)7-10-21-15/h7,10,12,14H,5-6,8-9,11H2,1-4H3,(H2,17,18,19). The van der Waals surface area contributed by atoms with Crippen LogP contribution in [0, 0.1) is 6.92 Å². The highest BCUT2D eigenvalue weighted by Crippen LogP contribution is 2.15. The first-order valence-corrected chi connectivity index (χ1v) is 8.72. The fourth-order valence-corrected chi connectivity index (χ4v) is 3.54. The lowest BCUT2D eigenvalue weighted by molar-refractivity contribution is 0.167. The molecule has 0 saturated carbocycles. The number of hydrogen-bond donors (Lipinski definition) is 2. The summed E-state index contributed by atoms with van der Waals surface area (Å²) in [5, 5.41) is 9.14. The summed E-state index contributed by atoms with van der Waals surface area (Å²) in [4.78, 5) is 8.28. The van der Waals surface area contributed by atoms with Crippen LogP contribution >= 0.6 is 11.3 Å². The van der Waals surface area contributed by atoms with Crippen LogP contribution < -0.4 is 10.6 Å². The van der Waals surface area contributed by atoms with Crippen molar-refractivity contribution in [3.8, 4) is 0 Å². The average Bonchev–Trinajstić information content (AvgIpc) is 2.89. The van der Waals surface area contributed by atoms with Gasteiger partial charge in [-0.05, 0) is 50.6 Å². The van der Waals surface area contributed by atoms with Crippen LogP contribution in [0.25, 0.3) is 0 Å². The van der Waals surface area contributed by atoms with Crippen LogP contribution in [0.5, 0.6) is 0 Å². The van der Waals surface area contributed by atoms with E-state index in [1.165, 1.54) is 36.4 Å². The molecule has 2 heterocycles. The monoisotopic (exact) mass is 308 g/mol. The topological polar surface area (TPSA) is 39.7 Å². The van der Waals surface area contributed by atoms with E-state index < -0.39 is 0 Å². The Labute approximate surface area is 132 Å². The number of thiophene rings is 1. The molecule has 1 saturated heterocycles. The number of likely N-dealkylation sites (tertiary alicyclic amines) is 1. The van der Waals surface area contributed by atoms with E-state index in [4.69, 9.17) is 0 Å². The van der Waals surface area contributed by atoms with E-state index in [0.717, 1.165) is 12.5 Å². The van der Waals surface area contributed by atoms with Crippen molar-refractivity contribution in [2.24, 2.45) is 4.99 Å². The molecule has 1 fully saturated rings. The number of aryl methyl sites for hydroxylation is 1. The molecule has 2 N–H and O–H groups in total. The van der Waals surface area contributed by atoms with E-state index in [0.29, 0.717) is 12.1 Å². The summed E-state index contributed by atoms with van der Waals surface area (Å²) in [5.41, 5.74) is 1.35. The maximum Gasteiger partial charge on any atom is 0.191 e. The highest BCUT2D eigenvalue weighted by atomic mass is 32.1. The Morgan fingerprint density at radius 3 is 2.67 bits per heavy atom. The first-order chi connectivity index (χ1) is 10.1. The van der Waals surface area contributed by atoms with Crippen LogP contribution in [0.3, 0.4) is 0 Å². The molecule has 21 heavy (non-hydrogen) atoms. The second kappa shape index (κ2) is 7.80. The van der Waals surface area contributed by atoms with Crippen LogP contribution in [0.15, 0.2) is 16.4 Å². The highest BCUT2D eigenvalue weighted by Gasteiger charge is 2.21. The maximum absolute atomic E-state index is 4.35. The number of piperidine rings is 1. The molecule has 118 valence electrons. The Bertz CT molecular complexity index is 459. The van der Waals surface area contributed by atoms with Crippen molar-refractivity contribution < 1.29 is 0 Å². The van der Waals surface area contributed by atoms with Gasteiger partial charge in [0, 0.05) is 37.1 Å². The van der Waals surface area contributed by atoms with E-state index in [2.05, 4.69) is 52.7 Å². The minimum Gasteiger partial charge on any atom is -0.354 e. The van der Waals surface area contributed by atoms with Gasteiger partial charge in [-0.2, -0.15) is 0 Å². The maximum atomic E-state index is 4.35. The Kier molecular flexibility index (Phi) is 6.06. The molecular weight excluding hydrogens is 280 g/mol. The zero-order valence-electron chi connectivity index (χ0n) is 13.6. The first-order valence-electron chi connectivity index (χ1n) is 7.84. The summed E-state index contributed by atoms with van der Waals surface area (Å²) < 4.78 is 0. The van der Waals surface area contributed by atoms with E-state index in [9.17, 15) is 0 Å². The number of nitrogens with one attached hydrogen (secondary N) is 2. The fraction of sp³-hybridized carbons (Fsp3) is 0.688. The van der Waals surface area contributed by atoms with Crippen LogP contribution in [0.4, 0.5) is 0 Å². The minimum atomic E-state index is 0.538. The van der Waals surface area contributed by atoms with Gasteiger partial charge < -0.3 is 15.5 Å². The van der Waals surface area contributed by atoms with Gasteiger partial charge >= 0.3 is 0 Å². The molecule has 1 aromatic rings. The van der Waals surface area contributed by atoms with E-state index >= 15 is 0 Å². The summed E-state index contributed by atoms with van der Waals surface area (Å²) >= 11 is 1.80. The third-order valence-corrected chi connectivity index (χ3v) is 5.23. The SMILES string of the molecule is CN=C(NCc1sccc1C)NC1CCN(C(C)C)CC1. The van der Waals surface area contributed by atoms with Gasteiger partial charge in [-0.1, -0.05) is 0 Å². The Morgan fingerprint density at radius 2 is 2.14 bits per heavy atom. The van der Waals surface area contributed by atoms with Gasteiger partial charge in [0.25, 0.3) is 0 Å².